The molecule has 0 aliphatic rings. The lowest BCUT2D eigenvalue weighted by molar-refractivity contribution is 0.316. The van der Waals surface area contributed by atoms with Crippen molar-refractivity contribution in [3.63, 3.8) is 0 Å². The lowest BCUT2D eigenvalue weighted by Crippen LogP contribution is -2.29. The molecule has 1 aromatic heterocycles. The molecular weight excluding hydrogens is 254 g/mol. The van der Waals surface area contributed by atoms with Gasteiger partial charge in [-0.25, -0.2) is 0 Å². The predicted octanol–water partition coefficient (Wildman–Crippen LogP) is 1.05. The number of nitrogen functional groups attached to an aromatic ring is 1. The number of hydrogen-bond donors (Lipinski definition) is 2. The van der Waals surface area contributed by atoms with Crippen LogP contribution < -0.4 is 16.0 Å². The summed E-state index contributed by atoms with van der Waals surface area (Å²) in [6.45, 7) is 14.0. The van der Waals surface area contributed by atoms with Gasteiger partial charge >= 0.3 is 0 Å². The number of likely N-dealkylation sites (N-methyl/N-ethyl adjacent to an activating group) is 1. The van der Waals surface area contributed by atoms with E-state index in [0.717, 1.165) is 39.3 Å². The molecule has 0 radical (unpaired) electrons. The second-order valence-corrected chi connectivity index (χ2v) is 4.44. The molecule has 0 aromatic carbocycles. The largest absolute Gasteiger partial charge is 0.368 e. The molecule has 3 N–H and O–H groups in total. The SMILES string of the molecule is CCN(CC)CCNc1nc(N)nc(N(CC)CC)n1. The van der Waals surface area contributed by atoms with Crippen LogP contribution in [0.1, 0.15) is 27.7 Å². The minimum absolute atomic E-state index is 0.257. The zero-order valence-corrected chi connectivity index (χ0v) is 13.1. The average molecular weight is 281 g/mol. The van der Waals surface area contributed by atoms with Gasteiger partial charge in [-0.2, -0.15) is 15.0 Å². The Morgan fingerprint density at radius 3 is 2.15 bits per heavy atom. The van der Waals surface area contributed by atoms with Gasteiger partial charge in [0.1, 0.15) is 0 Å². The summed E-state index contributed by atoms with van der Waals surface area (Å²) in [6, 6.07) is 0. The molecule has 114 valence electrons. The highest BCUT2D eigenvalue weighted by Gasteiger charge is 2.09. The molecule has 0 bridgehead atoms. The molecule has 0 atom stereocenters. The van der Waals surface area contributed by atoms with E-state index in [-0.39, 0.29) is 5.95 Å². The number of nitrogens with zero attached hydrogens (tertiary/aromatic N) is 5. The number of aromatic nitrogens is 3. The highest BCUT2D eigenvalue weighted by atomic mass is 15.3. The van der Waals surface area contributed by atoms with Gasteiger partial charge in [-0.15, -0.1) is 0 Å². The van der Waals surface area contributed by atoms with E-state index >= 15 is 0 Å². The van der Waals surface area contributed by atoms with E-state index in [1.807, 2.05) is 4.90 Å². The minimum atomic E-state index is 0.257. The van der Waals surface area contributed by atoms with Gasteiger partial charge in [0, 0.05) is 26.2 Å². The maximum absolute atomic E-state index is 5.75. The molecular formula is C13H27N7. The van der Waals surface area contributed by atoms with Crippen LogP contribution in [0.25, 0.3) is 0 Å². The first-order valence-electron chi connectivity index (χ1n) is 7.37. The van der Waals surface area contributed by atoms with Crippen LogP contribution in [0.4, 0.5) is 17.8 Å². The highest BCUT2D eigenvalue weighted by Crippen LogP contribution is 2.11. The minimum Gasteiger partial charge on any atom is -0.368 e. The number of nitrogens with one attached hydrogen (secondary N) is 1. The van der Waals surface area contributed by atoms with Crippen LogP contribution in [-0.2, 0) is 0 Å². The Morgan fingerprint density at radius 2 is 1.60 bits per heavy atom. The molecule has 7 nitrogen and oxygen atoms in total. The quantitative estimate of drug-likeness (QED) is 0.700. The Morgan fingerprint density at radius 1 is 0.950 bits per heavy atom. The first-order chi connectivity index (χ1) is 9.64. The van der Waals surface area contributed by atoms with Crippen molar-refractivity contribution in [3.05, 3.63) is 0 Å². The molecule has 0 fully saturated rings. The van der Waals surface area contributed by atoms with Crippen LogP contribution in [0.15, 0.2) is 0 Å². The molecule has 0 unspecified atom stereocenters. The smallest absolute Gasteiger partial charge is 0.231 e. The van der Waals surface area contributed by atoms with E-state index in [4.69, 9.17) is 5.73 Å². The van der Waals surface area contributed by atoms with Crippen molar-refractivity contribution in [1.29, 1.82) is 0 Å². The Kier molecular flexibility index (Phi) is 7.00. The normalized spacial score (nSPS) is 10.8. The van der Waals surface area contributed by atoms with E-state index in [1.54, 1.807) is 0 Å². The summed E-state index contributed by atoms with van der Waals surface area (Å²) in [6.07, 6.45) is 0. The van der Waals surface area contributed by atoms with Crippen LogP contribution in [0.5, 0.6) is 0 Å². The molecule has 0 aliphatic carbocycles. The van der Waals surface area contributed by atoms with E-state index in [1.165, 1.54) is 0 Å². The lowest BCUT2D eigenvalue weighted by Gasteiger charge is -2.20. The number of hydrogen-bond acceptors (Lipinski definition) is 7. The Bertz CT molecular complexity index is 388. The third kappa shape index (κ3) is 4.80. The Balaban J connectivity index is 2.66. The predicted molar refractivity (Wildman–Crippen MR) is 84.1 cm³/mol. The third-order valence-corrected chi connectivity index (χ3v) is 3.29. The van der Waals surface area contributed by atoms with Crippen LogP contribution in [0.3, 0.4) is 0 Å². The summed E-state index contributed by atoms with van der Waals surface area (Å²) in [5, 5.41) is 3.22. The molecule has 0 saturated heterocycles. The van der Waals surface area contributed by atoms with Crippen molar-refractivity contribution in [2.45, 2.75) is 27.7 Å². The van der Waals surface area contributed by atoms with E-state index in [2.05, 4.69) is 52.9 Å². The molecule has 7 heteroatoms. The van der Waals surface area contributed by atoms with Crippen molar-refractivity contribution in [2.24, 2.45) is 0 Å². The molecule has 1 rings (SSSR count). The molecule has 0 amide bonds. The highest BCUT2D eigenvalue weighted by molar-refractivity contribution is 5.41. The van der Waals surface area contributed by atoms with Crippen LogP contribution >= 0.6 is 0 Å². The third-order valence-electron chi connectivity index (χ3n) is 3.29. The zero-order chi connectivity index (χ0) is 15.0. The summed E-state index contributed by atoms with van der Waals surface area (Å²) in [5.41, 5.74) is 5.75. The molecule has 0 aliphatic heterocycles. The van der Waals surface area contributed by atoms with Gasteiger partial charge in [0.05, 0.1) is 0 Å². The summed E-state index contributed by atoms with van der Waals surface area (Å²) in [7, 11) is 0. The fourth-order valence-electron chi connectivity index (χ4n) is 1.97. The second-order valence-electron chi connectivity index (χ2n) is 4.44. The van der Waals surface area contributed by atoms with Crippen molar-refractivity contribution in [2.75, 3.05) is 55.2 Å². The molecule has 0 spiro atoms. The van der Waals surface area contributed by atoms with Gasteiger partial charge in [-0.3, -0.25) is 0 Å². The van der Waals surface area contributed by atoms with E-state index in [9.17, 15) is 0 Å². The standard InChI is InChI=1S/C13H27N7/c1-5-19(6-2)10-9-15-12-16-11(14)17-13(18-12)20(7-3)8-4/h5-10H2,1-4H3,(H3,14,15,16,17,18). The zero-order valence-electron chi connectivity index (χ0n) is 13.1. The maximum atomic E-state index is 5.75. The average Bonchev–Trinajstić information content (AvgIpc) is 2.44. The molecule has 1 aromatic rings. The topological polar surface area (TPSA) is 83.2 Å². The first kappa shape index (κ1) is 16.4. The summed E-state index contributed by atoms with van der Waals surface area (Å²) in [4.78, 5) is 17.1. The van der Waals surface area contributed by atoms with Gasteiger partial charge < -0.3 is 20.9 Å². The Hall–Kier alpha value is -1.63. The van der Waals surface area contributed by atoms with Crippen molar-refractivity contribution >= 4 is 17.8 Å². The van der Waals surface area contributed by atoms with Crippen molar-refractivity contribution in [1.82, 2.24) is 19.9 Å². The summed E-state index contributed by atoms with van der Waals surface area (Å²) >= 11 is 0. The maximum Gasteiger partial charge on any atom is 0.231 e. The van der Waals surface area contributed by atoms with Gasteiger partial charge in [0.25, 0.3) is 0 Å². The van der Waals surface area contributed by atoms with Gasteiger partial charge in [-0.1, -0.05) is 13.8 Å². The van der Waals surface area contributed by atoms with Crippen LogP contribution in [0, 0.1) is 0 Å². The lowest BCUT2D eigenvalue weighted by atomic mass is 10.4. The molecule has 1 heterocycles. The van der Waals surface area contributed by atoms with E-state index in [0.29, 0.717) is 11.9 Å². The number of anilines is 3. The van der Waals surface area contributed by atoms with Crippen molar-refractivity contribution in [3.8, 4) is 0 Å². The second kappa shape index (κ2) is 8.52. The van der Waals surface area contributed by atoms with E-state index < -0.39 is 0 Å². The van der Waals surface area contributed by atoms with Gasteiger partial charge in [-0.05, 0) is 26.9 Å². The fraction of sp³-hybridized carbons (Fsp3) is 0.769. The van der Waals surface area contributed by atoms with Gasteiger partial charge in [0.15, 0.2) is 0 Å². The van der Waals surface area contributed by atoms with Crippen LogP contribution in [0.2, 0.25) is 0 Å². The number of nitrogens with two attached hydrogens (primary N) is 1. The fourth-order valence-corrected chi connectivity index (χ4v) is 1.97. The summed E-state index contributed by atoms with van der Waals surface area (Å²) in [5.74, 6) is 1.44. The first-order valence-corrected chi connectivity index (χ1v) is 7.37. The van der Waals surface area contributed by atoms with Crippen LogP contribution in [-0.4, -0.2) is 59.1 Å². The molecule has 20 heavy (non-hydrogen) atoms. The molecule has 0 saturated carbocycles. The summed E-state index contributed by atoms with van der Waals surface area (Å²) < 4.78 is 0. The number of rotatable bonds is 9. The van der Waals surface area contributed by atoms with Gasteiger partial charge in [0.2, 0.25) is 17.8 Å². The monoisotopic (exact) mass is 281 g/mol. The van der Waals surface area contributed by atoms with Crippen molar-refractivity contribution < 1.29 is 0 Å². The Labute approximate surface area is 121 Å².